The largest absolute Gasteiger partial charge is 0.469 e. The van der Waals surface area contributed by atoms with Crippen LogP contribution in [0.2, 0.25) is 0 Å². The van der Waals surface area contributed by atoms with E-state index in [-0.39, 0.29) is 30.8 Å². The van der Waals surface area contributed by atoms with E-state index in [0.717, 1.165) is 24.1 Å². The van der Waals surface area contributed by atoms with Gasteiger partial charge in [-0.3, -0.25) is 9.59 Å². The fourth-order valence-corrected chi connectivity index (χ4v) is 3.20. The number of esters is 1. The number of carbonyl (C=O) groups excluding carboxylic acids is 3. The fourth-order valence-electron chi connectivity index (χ4n) is 3.20. The zero-order valence-electron chi connectivity index (χ0n) is 17.1. The molecule has 2 amide bonds. The quantitative estimate of drug-likeness (QED) is 0.775. The van der Waals surface area contributed by atoms with Gasteiger partial charge in [-0.25, -0.2) is 4.79 Å². The minimum Gasteiger partial charge on any atom is -0.469 e. The third-order valence-corrected chi connectivity index (χ3v) is 4.61. The van der Waals surface area contributed by atoms with Gasteiger partial charge in [-0.1, -0.05) is 18.2 Å². The van der Waals surface area contributed by atoms with Crippen molar-refractivity contribution >= 4 is 23.7 Å². The maximum Gasteiger partial charge on any atom is 0.410 e. The first-order valence-corrected chi connectivity index (χ1v) is 9.63. The molecule has 0 aromatic heterocycles. The number of anilines is 1. The Hall–Kier alpha value is -2.57. The number of likely N-dealkylation sites (tertiary alicyclic amines) is 1. The Morgan fingerprint density at radius 2 is 1.75 bits per heavy atom. The van der Waals surface area contributed by atoms with Crippen molar-refractivity contribution < 1.29 is 23.9 Å². The first kappa shape index (κ1) is 21.7. The number of carbonyl (C=O) groups is 3. The summed E-state index contributed by atoms with van der Waals surface area (Å²) in [6.45, 7) is 6.80. The molecule has 0 atom stereocenters. The summed E-state index contributed by atoms with van der Waals surface area (Å²) in [6.07, 6.45) is 1.45. The standard InChI is InChI=1S/C21H30N2O5/c1-21(2,3)28-20(26)23-13-11-15(12-14-23)16-7-5-6-8-17(16)22-18(24)9-10-19(25)27-4/h5-8,15H,9-14H2,1-4H3,(H,22,24). The molecule has 1 fully saturated rings. The predicted molar refractivity (Wildman–Crippen MR) is 106 cm³/mol. The van der Waals surface area contributed by atoms with E-state index >= 15 is 0 Å². The van der Waals surface area contributed by atoms with Crippen LogP contribution in [-0.2, 0) is 19.1 Å². The molecule has 2 rings (SSSR count). The second kappa shape index (κ2) is 9.57. The average Bonchev–Trinajstić information content (AvgIpc) is 2.65. The third kappa shape index (κ3) is 6.55. The third-order valence-electron chi connectivity index (χ3n) is 4.61. The number of para-hydroxylation sites is 1. The van der Waals surface area contributed by atoms with E-state index in [1.807, 2.05) is 45.0 Å². The molecule has 0 unspecified atom stereocenters. The summed E-state index contributed by atoms with van der Waals surface area (Å²) < 4.78 is 10.0. The molecule has 7 heteroatoms. The molecule has 1 aliphatic rings. The number of amides is 2. The Kier molecular flexibility index (Phi) is 7.43. The lowest BCUT2D eigenvalue weighted by atomic mass is 9.88. The first-order valence-electron chi connectivity index (χ1n) is 9.63. The van der Waals surface area contributed by atoms with Gasteiger partial charge in [-0.05, 0) is 51.2 Å². The highest BCUT2D eigenvalue weighted by Gasteiger charge is 2.28. The van der Waals surface area contributed by atoms with Crippen LogP contribution in [0.4, 0.5) is 10.5 Å². The van der Waals surface area contributed by atoms with Gasteiger partial charge in [0.15, 0.2) is 0 Å². The zero-order chi connectivity index (χ0) is 20.7. The maximum absolute atomic E-state index is 12.2. The summed E-state index contributed by atoms with van der Waals surface area (Å²) in [5, 5.41) is 2.90. The molecular formula is C21H30N2O5. The Bertz CT molecular complexity index is 703. The number of nitrogens with one attached hydrogen (secondary N) is 1. The second-order valence-corrected chi connectivity index (χ2v) is 7.95. The number of hydrogen-bond donors (Lipinski definition) is 1. The van der Waals surface area contributed by atoms with Gasteiger partial charge in [-0.2, -0.15) is 0 Å². The number of piperidine rings is 1. The SMILES string of the molecule is COC(=O)CCC(=O)Nc1ccccc1C1CCN(C(=O)OC(C)(C)C)CC1. The molecule has 1 aliphatic heterocycles. The summed E-state index contributed by atoms with van der Waals surface area (Å²) in [4.78, 5) is 37.3. The second-order valence-electron chi connectivity index (χ2n) is 7.95. The molecule has 0 aliphatic carbocycles. The summed E-state index contributed by atoms with van der Waals surface area (Å²) in [6, 6.07) is 7.68. The lowest BCUT2D eigenvalue weighted by Crippen LogP contribution is -2.41. The lowest BCUT2D eigenvalue weighted by molar-refractivity contribution is -0.141. The van der Waals surface area contributed by atoms with E-state index in [2.05, 4.69) is 10.1 Å². The molecule has 0 saturated carbocycles. The highest BCUT2D eigenvalue weighted by atomic mass is 16.6. The van der Waals surface area contributed by atoms with Crippen LogP contribution in [0.1, 0.15) is 57.9 Å². The minimum absolute atomic E-state index is 0.0543. The monoisotopic (exact) mass is 390 g/mol. The van der Waals surface area contributed by atoms with E-state index in [0.29, 0.717) is 13.1 Å². The number of hydrogen-bond acceptors (Lipinski definition) is 5. The normalized spacial score (nSPS) is 15.1. The van der Waals surface area contributed by atoms with Gasteiger partial charge in [-0.15, -0.1) is 0 Å². The molecule has 0 spiro atoms. The van der Waals surface area contributed by atoms with Crippen LogP contribution in [0.15, 0.2) is 24.3 Å². The molecule has 28 heavy (non-hydrogen) atoms. The van der Waals surface area contributed by atoms with Gasteiger partial charge in [0.25, 0.3) is 0 Å². The molecular weight excluding hydrogens is 360 g/mol. The van der Waals surface area contributed by atoms with Crippen molar-refractivity contribution in [2.24, 2.45) is 0 Å². The van der Waals surface area contributed by atoms with Gasteiger partial charge in [0, 0.05) is 25.2 Å². The molecule has 1 heterocycles. The van der Waals surface area contributed by atoms with Crippen molar-refractivity contribution in [3.05, 3.63) is 29.8 Å². The molecule has 7 nitrogen and oxygen atoms in total. The van der Waals surface area contributed by atoms with Crippen LogP contribution in [0.5, 0.6) is 0 Å². The first-order chi connectivity index (χ1) is 13.2. The van der Waals surface area contributed by atoms with E-state index in [1.165, 1.54) is 7.11 Å². The molecule has 1 aromatic carbocycles. The topological polar surface area (TPSA) is 84.9 Å². The van der Waals surface area contributed by atoms with Gasteiger partial charge in [0.05, 0.1) is 13.5 Å². The summed E-state index contributed by atoms with van der Waals surface area (Å²) in [5.41, 5.74) is 1.31. The van der Waals surface area contributed by atoms with E-state index in [9.17, 15) is 14.4 Å². The van der Waals surface area contributed by atoms with Crippen molar-refractivity contribution in [1.82, 2.24) is 4.90 Å². The van der Waals surface area contributed by atoms with Crippen LogP contribution >= 0.6 is 0 Å². The number of benzene rings is 1. The summed E-state index contributed by atoms with van der Waals surface area (Å²) in [5.74, 6) is -0.377. The van der Waals surface area contributed by atoms with E-state index in [4.69, 9.17) is 4.74 Å². The molecule has 1 aromatic rings. The minimum atomic E-state index is -0.505. The number of nitrogens with zero attached hydrogens (tertiary/aromatic N) is 1. The number of rotatable bonds is 5. The van der Waals surface area contributed by atoms with E-state index in [1.54, 1.807) is 4.90 Å². The van der Waals surface area contributed by atoms with Crippen LogP contribution in [0.25, 0.3) is 0 Å². The molecule has 0 radical (unpaired) electrons. The van der Waals surface area contributed by atoms with Crippen molar-refractivity contribution in [2.45, 2.75) is 58.0 Å². The molecule has 1 N–H and O–H groups in total. The Labute approximate surface area is 166 Å². The molecule has 154 valence electrons. The average molecular weight is 390 g/mol. The van der Waals surface area contributed by atoms with Crippen LogP contribution in [-0.4, -0.2) is 48.7 Å². The highest BCUT2D eigenvalue weighted by Crippen LogP contribution is 2.33. The number of methoxy groups -OCH3 is 1. The Morgan fingerprint density at radius 1 is 1.11 bits per heavy atom. The van der Waals surface area contributed by atoms with Crippen molar-refractivity contribution in [3.8, 4) is 0 Å². The number of ether oxygens (including phenoxy) is 2. The van der Waals surface area contributed by atoms with Crippen LogP contribution in [0.3, 0.4) is 0 Å². The Morgan fingerprint density at radius 3 is 2.36 bits per heavy atom. The summed E-state index contributed by atoms with van der Waals surface area (Å²) >= 11 is 0. The van der Waals surface area contributed by atoms with Crippen molar-refractivity contribution in [3.63, 3.8) is 0 Å². The lowest BCUT2D eigenvalue weighted by Gasteiger charge is -2.34. The van der Waals surface area contributed by atoms with Gasteiger partial charge in [0.1, 0.15) is 5.60 Å². The Balaban J connectivity index is 1.95. The molecule has 1 saturated heterocycles. The smallest absolute Gasteiger partial charge is 0.410 e. The predicted octanol–water partition coefficient (Wildman–Crippen LogP) is 3.69. The summed E-state index contributed by atoms with van der Waals surface area (Å²) in [7, 11) is 1.30. The van der Waals surface area contributed by atoms with Gasteiger partial charge in [0.2, 0.25) is 5.91 Å². The van der Waals surface area contributed by atoms with Crippen molar-refractivity contribution in [1.29, 1.82) is 0 Å². The van der Waals surface area contributed by atoms with Crippen LogP contribution < -0.4 is 5.32 Å². The van der Waals surface area contributed by atoms with Gasteiger partial charge < -0.3 is 19.7 Å². The van der Waals surface area contributed by atoms with E-state index < -0.39 is 11.6 Å². The highest BCUT2D eigenvalue weighted by molar-refractivity contribution is 5.93. The maximum atomic E-state index is 12.2. The molecule has 0 bridgehead atoms. The zero-order valence-corrected chi connectivity index (χ0v) is 17.1. The van der Waals surface area contributed by atoms with Gasteiger partial charge >= 0.3 is 12.1 Å². The fraction of sp³-hybridized carbons (Fsp3) is 0.571. The van der Waals surface area contributed by atoms with Crippen molar-refractivity contribution in [2.75, 3.05) is 25.5 Å². The van der Waals surface area contributed by atoms with Crippen LogP contribution in [0, 0.1) is 0 Å².